The standard InChI is InChI=1S/C23H19ClN4O3S2/c24-17-8-6-15(7-9-17)14-18-22(30)28(23(32)33-18)13-11-19(29)25-12-10-20-26-27-21(31-20)16-4-2-1-3-5-16/h1-9,14H,10-13H2,(H,25,29)/b18-14-. The molecule has 0 spiro atoms. The van der Waals surface area contributed by atoms with E-state index in [-0.39, 0.29) is 24.8 Å². The van der Waals surface area contributed by atoms with Crippen molar-refractivity contribution in [3.8, 4) is 11.5 Å². The predicted octanol–water partition coefficient (Wildman–Crippen LogP) is 4.34. The Morgan fingerprint density at radius 3 is 2.67 bits per heavy atom. The van der Waals surface area contributed by atoms with Crippen LogP contribution in [-0.4, -0.2) is 44.3 Å². The molecule has 0 bridgehead atoms. The monoisotopic (exact) mass is 498 g/mol. The van der Waals surface area contributed by atoms with Crippen LogP contribution in [0.4, 0.5) is 0 Å². The number of hydrogen-bond donors (Lipinski definition) is 1. The molecule has 1 saturated heterocycles. The minimum atomic E-state index is -0.202. The Morgan fingerprint density at radius 1 is 1.15 bits per heavy atom. The number of amides is 2. The third-order valence-corrected chi connectivity index (χ3v) is 6.38. The van der Waals surface area contributed by atoms with E-state index in [4.69, 9.17) is 28.2 Å². The maximum absolute atomic E-state index is 12.7. The molecule has 33 heavy (non-hydrogen) atoms. The lowest BCUT2D eigenvalue weighted by atomic mass is 10.2. The van der Waals surface area contributed by atoms with Crippen LogP contribution in [0.5, 0.6) is 0 Å². The normalized spacial score (nSPS) is 14.8. The molecule has 0 atom stereocenters. The summed E-state index contributed by atoms with van der Waals surface area (Å²) >= 11 is 12.4. The number of benzene rings is 2. The summed E-state index contributed by atoms with van der Waals surface area (Å²) in [4.78, 5) is 26.9. The molecule has 1 fully saturated rings. The fourth-order valence-corrected chi connectivity index (χ4v) is 4.50. The lowest BCUT2D eigenvalue weighted by Gasteiger charge is -2.14. The Hall–Kier alpha value is -3.01. The summed E-state index contributed by atoms with van der Waals surface area (Å²) < 4.78 is 6.07. The first-order valence-corrected chi connectivity index (χ1v) is 11.8. The molecule has 1 aliphatic heterocycles. The van der Waals surface area contributed by atoms with Crippen molar-refractivity contribution in [1.82, 2.24) is 20.4 Å². The van der Waals surface area contributed by atoms with Crippen LogP contribution in [0, 0.1) is 0 Å². The maximum atomic E-state index is 12.7. The number of carbonyl (C=O) groups is 2. The van der Waals surface area contributed by atoms with Crippen molar-refractivity contribution >= 4 is 57.8 Å². The minimum absolute atomic E-state index is 0.139. The summed E-state index contributed by atoms with van der Waals surface area (Å²) in [6.45, 7) is 0.567. The molecule has 2 heterocycles. The molecule has 10 heteroatoms. The maximum Gasteiger partial charge on any atom is 0.266 e. The van der Waals surface area contributed by atoms with Crippen molar-refractivity contribution in [1.29, 1.82) is 0 Å². The molecule has 2 aromatic carbocycles. The Labute approximate surface area is 205 Å². The summed E-state index contributed by atoms with van der Waals surface area (Å²) in [7, 11) is 0. The third-order valence-electron chi connectivity index (χ3n) is 4.75. The minimum Gasteiger partial charge on any atom is -0.421 e. The van der Waals surface area contributed by atoms with Crippen LogP contribution in [0.3, 0.4) is 0 Å². The van der Waals surface area contributed by atoms with E-state index in [2.05, 4.69) is 15.5 Å². The van der Waals surface area contributed by atoms with E-state index < -0.39 is 0 Å². The lowest BCUT2D eigenvalue weighted by Crippen LogP contribution is -2.34. The van der Waals surface area contributed by atoms with Gasteiger partial charge in [0.05, 0.1) is 4.91 Å². The number of thiocarbonyl (C=S) groups is 1. The number of nitrogens with zero attached hydrogens (tertiary/aromatic N) is 3. The smallest absolute Gasteiger partial charge is 0.266 e. The van der Waals surface area contributed by atoms with Gasteiger partial charge in [-0.1, -0.05) is 65.9 Å². The van der Waals surface area contributed by atoms with Gasteiger partial charge in [0.15, 0.2) is 0 Å². The van der Waals surface area contributed by atoms with E-state index in [1.54, 1.807) is 18.2 Å². The van der Waals surface area contributed by atoms with Crippen LogP contribution >= 0.6 is 35.6 Å². The molecule has 0 aliphatic carbocycles. The van der Waals surface area contributed by atoms with Crippen molar-refractivity contribution < 1.29 is 14.0 Å². The topological polar surface area (TPSA) is 88.3 Å². The summed E-state index contributed by atoms with van der Waals surface area (Å²) in [5.41, 5.74) is 1.70. The zero-order chi connectivity index (χ0) is 23.2. The second-order valence-corrected chi connectivity index (χ2v) is 9.21. The molecular weight excluding hydrogens is 480 g/mol. The van der Waals surface area contributed by atoms with Gasteiger partial charge in [-0.2, -0.15) is 0 Å². The first kappa shape index (κ1) is 23.2. The molecule has 1 aromatic heterocycles. The molecule has 168 valence electrons. The van der Waals surface area contributed by atoms with Gasteiger partial charge in [-0.05, 0) is 35.9 Å². The van der Waals surface area contributed by atoms with Crippen LogP contribution < -0.4 is 5.32 Å². The van der Waals surface area contributed by atoms with E-state index in [1.165, 1.54) is 16.7 Å². The number of rotatable bonds is 8. The van der Waals surface area contributed by atoms with Gasteiger partial charge < -0.3 is 9.73 Å². The van der Waals surface area contributed by atoms with Gasteiger partial charge in [0.2, 0.25) is 17.7 Å². The van der Waals surface area contributed by atoms with Crippen molar-refractivity contribution in [3.05, 3.63) is 76.0 Å². The second-order valence-electron chi connectivity index (χ2n) is 7.10. The molecule has 0 saturated carbocycles. The van der Waals surface area contributed by atoms with Gasteiger partial charge in [0, 0.05) is 36.5 Å². The van der Waals surface area contributed by atoms with Gasteiger partial charge in [0.1, 0.15) is 4.32 Å². The average molecular weight is 499 g/mol. The zero-order valence-corrected chi connectivity index (χ0v) is 19.8. The molecule has 3 aromatic rings. The van der Waals surface area contributed by atoms with Crippen LogP contribution in [0.2, 0.25) is 5.02 Å². The average Bonchev–Trinajstić information content (AvgIpc) is 3.39. The Balaban J connectivity index is 1.23. The Morgan fingerprint density at radius 2 is 1.91 bits per heavy atom. The third kappa shape index (κ3) is 6.07. The zero-order valence-electron chi connectivity index (χ0n) is 17.4. The summed E-state index contributed by atoms with van der Waals surface area (Å²) in [6, 6.07) is 16.6. The van der Waals surface area contributed by atoms with Gasteiger partial charge in [-0.15, -0.1) is 10.2 Å². The van der Waals surface area contributed by atoms with Crippen LogP contribution in [0.15, 0.2) is 63.9 Å². The molecule has 1 aliphatic rings. The highest BCUT2D eigenvalue weighted by molar-refractivity contribution is 8.26. The van der Waals surface area contributed by atoms with Crippen molar-refractivity contribution in [2.24, 2.45) is 0 Å². The number of thioether (sulfide) groups is 1. The van der Waals surface area contributed by atoms with Crippen LogP contribution in [-0.2, 0) is 16.0 Å². The molecule has 0 unspecified atom stereocenters. The second kappa shape index (κ2) is 10.7. The van der Waals surface area contributed by atoms with E-state index in [9.17, 15) is 9.59 Å². The first-order valence-electron chi connectivity index (χ1n) is 10.1. The first-order chi connectivity index (χ1) is 16.0. The van der Waals surface area contributed by atoms with Gasteiger partial charge in [-0.3, -0.25) is 14.5 Å². The number of halogens is 1. The highest BCUT2D eigenvalue weighted by atomic mass is 35.5. The fourth-order valence-electron chi connectivity index (χ4n) is 3.07. The number of aromatic nitrogens is 2. The predicted molar refractivity (Wildman–Crippen MR) is 132 cm³/mol. The molecule has 0 radical (unpaired) electrons. The molecule has 2 amide bonds. The van der Waals surface area contributed by atoms with Crippen molar-refractivity contribution in [3.63, 3.8) is 0 Å². The SMILES string of the molecule is O=C(CCN1C(=O)/C(=C/c2ccc(Cl)cc2)SC1=S)NCCc1nnc(-c2ccccc2)o1. The number of nitrogens with one attached hydrogen (secondary N) is 1. The van der Waals surface area contributed by atoms with Crippen LogP contribution in [0.1, 0.15) is 17.9 Å². The van der Waals surface area contributed by atoms with E-state index >= 15 is 0 Å². The Bertz CT molecular complexity index is 1200. The fraction of sp³-hybridized carbons (Fsp3) is 0.174. The highest BCUT2D eigenvalue weighted by Crippen LogP contribution is 2.32. The van der Waals surface area contributed by atoms with E-state index in [0.29, 0.717) is 39.0 Å². The largest absolute Gasteiger partial charge is 0.421 e. The van der Waals surface area contributed by atoms with Crippen molar-refractivity contribution in [2.45, 2.75) is 12.8 Å². The highest BCUT2D eigenvalue weighted by Gasteiger charge is 2.32. The van der Waals surface area contributed by atoms with Crippen molar-refractivity contribution in [2.75, 3.05) is 13.1 Å². The molecule has 4 rings (SSSR count). The molecule has 1 N–H and O–H groups in total. The summed E-state index contributed by atoms with van der Waals surface area (Å²) in [5.74, 6) is 0.497. The van der Waals surface area contributed by atoms with Gasteiger partial charge in [0.25, 0.3) is 5.91 Å². The number of hydrogen-bond acceptors (Lipinski definition) is 7. The Kier molecular flexibility index (Phi) is 7.54. The number of carbonyl (C=O) groups excluding carboxylic acids is 2. The van der Waals surface area contributed by atoms with Gasteiger partial charge in [-0.25, -0.2) is 0 Å². The molecular formula is C23H19ClN4O3S2. The van der Waals surface area contributed by atoms with Crippen LogP contribution in [0.25, 0.3) is 17.5 Å². The van der Waals surface area contributed by atoms with E-state index in [0.717, 1.165) is 11.1 Å². The van der Waals surface area contributed by atoms with E-state index in [1.807, 2.05) is 42.5 Å². The summed E-state index contributed by atoms with van der Waals surface area (Å²) in [6.07, 6.45) is 2.32. The quantitative estimate of drug-likeness (QED) is 0.365. The molecule has 7 nitrogen and oxygen atoms in total. The lowest BCUT2D eigenvalue weighted by molar-refractivity contribution is -0.123. The van der Waals surface area contributed by atoms with Gasteiger partial charge >= 0.3 is 0 Å². The summed E-state index contributed by atoms with van der Waals surface area (Å²) in [5, 5.41) is 11.5.